The van der Waals surface area contributed by atoms with Crippen LogP contribution in [0.25, 0.3) is 0 Å². The Bertz CT molecular complexity index is 507. The normalized spacial score (nSPS) is 9.89. The molecule has 2 N–H and O–H groups in total. The summed E-state index contributed by atoms with van der Waals surface area (Å²) in [4.78, 5) is 23.4. The first-order chi connectivity index (χ1) is 9.27. The molecule has 0 fully saturated rings. The molecule has 0 aliphatic carbocycles. The monoisotopic (exact) mass is 405 g/mol. The van der Waals surface area contributed by atoms with Crippen molar-refractivity contribution in [3.8, 4) is 0 Å². The standard InChI is InChI=1S/2C7H7NO.Ho/c2*8-7(9)6-4-2-1-3-5-6;/h2*1-5H,(H2,8,9);/q;;+2/p-2. The maximum atomic E-state index is 11.7. The van der Waals surface area contributed by atoms with Gasteiger partial charge in [-0.2, -0.15) is 0 Å². The number of hydrogen-bond acceptors (Lipinski definition) is 2. The Morgan fingerprint density at radius 3 is 1.42 bits per heavy atom. The molecular formula is C14H12HoN2O2. The van der Waals surface area contributed by atoms with Crippen molar-refractivity contribution in [3.05, 3.63) is 71.8 Å². The summed E-state index contributed by atoms with van der Waals surface area (Å²) < 4.78 is 5.45. The molecule has 2 amide bonds. The SMILES string of the molecule is O=C([NH][Ho][NH]C(=O)c1ccccc1)c1ccccc1. The molecular weight excluding hydrogens is 393 g/mol. The molecule has 0 aliphatic heterocycles. The molecule has 0 bridgehead atoms. The van der Waals surface area contributed by atoms with E-state index in [4.69, 9.17) is 0 Å². The molecule has 0 unspecified atom stereocenters. The molecule has 101 valence electrons. The Kier molecular flexibility index (Phi) is 5.39. The fourth-order valence-electron chi connectivity index (χ4n) is 1.35. The molecule has 0 heterocycles. The number of amides is 2. The average molecular weight is 405 g/mol. The van der Waals surface area contributed by atoms with E-state index in [2.05, 4.69) is 3.61 Å². The third kappa shape index (κ3) is 4.35. The minimum atomic E-state index is -0.790. The number of carbonyl (C=O) groups excluding carboxylic acids is 2. The van der Waals surface area contributed by atoms with Crippen LogP contribution in [-0.2, 0) is 0 Å². The Morgan fingerprint density at radius 2 is 1.05 bits per heavy atom. The maximum absolute atomic E-state index is 11.7. The van der Waals surface area contributed by atoms with Crippen LogP contribution in [0.2, 0.25) is 0 Å². The van der Waals surface area contributed by atoms with Crippen molar-refractivity contribution in [2.24, 2.45) is 0 Å². The van der Waals surface area contributed by atoms with Crippen molar-refractivity contribution in [2.75, 3.05) is 0 Å². The second-order valence-electron chi connectivity index (χ2n) is 3.62. The zero-order chi connectivity index (χ0) is 13.5. The summed E-state index contributed by atoms with van der Waals surface area (Å²) in [6, 6.07) is 17.8. The Morgan fingerprint density at radius 1 is 0.684 bits per heavy atom. The number of hydrogen-bond donors (Lipinski definition) is 2. The third-order valence-corrected chi connectivity index (χ3v) is 3.65. The number of rotatable bonds is 4. The van der Waals surface area contributed by atoms with E-state index in [-0.39, 0.29) is 11.8 Å². The van der Waals surface area contributed by atoms with Gasteiger partial charge in [0.25, 0.3) is 0 Å². The van der Waals surface area contributed by atoms with Gasteiger partial charge in [-0.05, 0) is 0 Å². The topological polar surface area (TPSA) is 58.2 Å². The van der Waals surface area contributed by atoms with Crippen molar-refractivity contribution in [2.45, 2.75) is 0 Å². The molecule has 2 aromatic rings. The summed E-state index contributed by atoms with van der Waals surface area (Å²) in [5, 5.41) is 0. The van der Waals surface area contributed by atoms with Gasteiger partial charge in [-0.1, -0.05) is 0 Å². The molecule has 0 saturated heterocycles. The Labute approximate surface area is 130 Å². The molecule has 0 saturated carbocycles. The van der Waals surface area contributed by atoms with Crippen LogP contribution in [0.5, 0.6) is 0 Å². The number of benzene rings is 2. The van der Waals surface area contributed by atoms with Crippen LogP contribution in [0.4, 0.5) is 0 Å². The van der Waals surface area contributed by atoms with Crippen LogP contribution in [0.1, 0.15) is 20.7 Å². The van der Waals surface area contributed by atoms with Gasteiger partial charge in [0.15, 0.2) is 0 Å². The van der Waals surface area contributed by atoms with E-state index in [1.54, 1.807) is 48.5 Å². The molecule has 2 rings (SSSR count). The summed E-state index contributed by atoms with van der Waals surface area (Å²) in [5.41, 5.74) is 1.18. The quantitative estimate of drug-likeness (QED) is 0.762. The fourth-order valence-corrected chi connectivity index (χ4v) is 2.47. The van der Waals surface area contributed by atoms with Crippen LogP contribution in [0, 0.1) is 34.6 Å². The van der Waals surface area contributed by atoms with Crippen LogP contribution >= 0.6 is 0 Å². The fraction of sp³-hybridized carbons (Fsp3) is 0. The van der Waals surface area contributed by atoms with Crippen LogP contribution in [0.15, 0.2) is 60.7 Å². The summed E-state index contributed by atoms with van der Waals surface area (Å²) in [7, 11) is 0. The first-order valence-electron chi connectivity index (χ1n) is 5.53. The molecule has 2 aromatic carbocycles. The van der Waals surface area contributed by atoms with E-state index in [1.807, 2.05) is 12.1 Å². The second-order valence-corrected chi connectivity index (χ2v) is 5.07. The molecule has 0 aromatic heterocycles. The summed E-state index contributed by atoms with van der Waals surface area (Å²) in [6.45, 7) is 0. The van der Waals surface area contributed by atoms with Crippen LogP contribution < -0.4 is 3.61 Å². The van der Waals surface area contributed by atoms with E-state index in [9.17, 15) is 9.59 Å². The van der Waals surface area contributed by atoms with E-state index < -0.39 is 34.6 Å². The number of carbonyl (C=O) groups is 2. The van der Waals surface area contributed by atoms with Crippen molar-refractivity contribution in [3.63, 3.8) is 0 Å². The molecule has 4 nitrogen and oxygen atoms in total. The van der Waals surface area contributed by atoms with Gasteiger partial charge in [-0.3, -0.25) is 0 Å². The second kappa shape index (κ2) is 7.28. The van der Waals surface area contributed by atoms with E-state index in [0.717, 1.165) is 0 Å². The van der Waals surface area contributed by atoms with Crippen LogP contribution in [0.3, 0.4) is 0 Å². The van der Waals surface area contributed by atoms with Gasteiger partial charge in [0.2, 0.25) is 0 Å². The van der Waals surface area contributed by atoms with Crippen molar-refractivity contribution < 1.29 is 44.2 Å². The van der Waals surface area contributed by atoms with Crippen LogP contribution in [-0.4, -0.2) is 11.8 Å². The molecule has 0 aliphatic rings. The zero-order valence-corrected chi connectivity index (χ0v) is 11.8. The minimum absolute atomic E-state index is 0.171. The van der Waals surface area contributed by atoms with E-state index in [1.165, 1.54) is 0 Å². The molecule has 0 radical (unpaired) electrons. The Hall–Kier alpha value is -1.36. The van der Waals surface area contributed by atoms with Gasteiger partial charge < -0.3 is 0 Å². The first-order valence-corrected chi connectivity index (χ1v) is 7.47. The average Bonchev–Trinajstić information content (AvgIpc) is 2.49. The Balaban J connectivity index is 1.81. The van der Waals surface area contributed by atoms with Crippen molar-refractivity contribution >= 4 is 11.8 Å². The van der Waals surface area contributed by atoms with Gasteiger partial charge in [-0.15, -0.1) is 0 Å². The molecule has 0 atom stereocenters. The predicted molar refractivity (Wildman–Crippen MR) is 67.8 cm³/mol. The third-order valence-electron chi connectivity index (χ3n) is 2.28. The first kappa shape index (κ1) is 14.1. The molecule has 0 spiro atoms. The van der Waals surface area contributed by atoms with E-state index >= 15 is 0 Å². The number of nitrogens with one attached hydrogen (secondary N) is 2. The van der Waals surface area contributed by atoms with Crippen molar-refractivity contribution in [1.82, 2.24) is 3.61 Å². The van der Waals surface area contributed by atoms with Gasteiger partial charge in [0, 0.05) is 0 Å². The predicted octanol–water partition coefficient (Wildman–Crippen LogP) is 1.76. The van der Waals surface area contributed by atoms with Gasteiger partial charge in [0.05, 0.1) is 0 Å². The summed E-state index contributed by atoms with van der Waals surface area (Å²) in [6.07, 6.45) is 0. The van der Waals surface area contributed by atoms with E-state index in [0.29, 0.717) is 11.1 Å². The summed E-state index contributed by atoms with van der Waals surface area (Å²) >= 11 is -0.790. The van der Waals surface area contributed by atoms with Gasteiger partial charge in [0.1, 0.15) is 0 Å². The van der Waals surface area contributed by atoms with Gasteiger partial charge in [-0.25, -0.2) is 0 Å². The molecule has 19 heavy (non-hydrogen) atoms. The summed E-state index contributed by atoms with van der Waals surface area (Å²) in [5.74, 6) is -0.341. The zero-order valence-electron chi connectivity index (χ0n) is 9.89. The van der Waals surface area contributed by atoms with Crippen molar-refractivity contribution in [1.29, 1.82) is 0 Å². The molecule has 5 heteroatoms. The van der Waals surface area contributed by atoms with Gasteiger partial charge >= 0.3 is 131 Å².